The lowest BCUT2D eigenvalue weighted by Crippen LogP contribution is -2.37. The molecule has 0 aliphatic carbocycles. The second-order valence-corrected chi connectivity index (χ2v) is 2.05. The molecule has 3 heteroatoms. The number of methoxy groups -OCH3 is 1. The van der Waals surface area contributed by atoms with Crippen molar-refractivity contribution < 1.29 is 4.74 Å². The van der Waals surface area contributed by atoms with Crippen molar-refractivity contribution >= 4 is 0 Å². The summed E-state index contributed by atoms with van der Waals surface area (Å²) in [5.41, 5.74) is 0. The standard InChI is InChI=1S/C6H16N2O/c1-5-7(2)8(3)6-9-4/h5-6H2,1-4H3. The van der Waals surface area contributed by atoms with Gasteiger partial charge in [0, 0.05) is 27.7 Å². The van der Waals surface area contributed by atoms with Gasteiger partial charge in [0.05, 0.1) is 0 Å². The second kappa shape index (κ2) is 4.73. The predicted molar refractivity (Wildman–Crippen MR) is 37.9 cm³/mol. The van der Waals surface area contributed by atoms with Crippen molar-refractivity contribution in [2.45, 2.75) is 6.92 Å². The molecule has 0 bridgehead atoms. The van der Waals surface area contributed by atoms with Gasteiger partial charge in [0.2, 0.25) is 0 Å². The van der Waals surface area contributed by atoms with Gasteiger partial charge in [0.15, 0.2) is 0 Å². The van der Waals surface area contributed by atoms with Crippen molar-refractivity contribution in [3.63, 3.8) is 0 Å². The van der Waals surface area contributed by atoms with Gasteiger partial charge in [0.25, 0.3) is 0 Å². The molecule has 0 saturated heterocycles. The Labute approximate surface area is 57.2 Å². The second-order valence-electron chi connectivity index (χ2n) is 2.05. The molecule has 0 aliphatic rings. The third-order valence-electron chi connectivity index (χ3n) is 1.36. The summed E-state index contributed by atoms with van der Waals surface area (Å²) >= 11 is 0. The first-order valence-corrected chi connectivity index (χ1v) is 3.13. The normalized spacial score (nSPS) is 11.3. The monoisotopic (exact) mass is 132 g/mol. The molecule has 0 aromatic heterocycles. The Morgan fingerprint density at radius 1 is 1.22 bits per heavy atom. The van der Waals surface area contributed by atoms with Crippen molar-refractivity contribution in [1.82, 2.24) is 10.0 Å². The number of ether oxygens (including phenoxy) is 1. The van der Waals surface area contributed by atoms with E-state index in [1.165, 1.54) is 0 Å². The van der Waals surface area contributed by atoms with Crippen LogP contribution in [-0.2, 0) is 4.74 Å². The van der Waals surface area contributed by atoms with Crippen molar-refractivity contribution in [3.8, 4) is 0 Å². The van der Waals surface area contributed by atoms with Crippen LogP contribution in [0.4, 0.5) is 0 Å². The third kappa shape index (κ3) is 3.46. The molecule has 56 valence electrons. The minimum Gasteiger partial charge on any atom is -0.368 e. The van der Waals surface area contributed by atoms with Crippen LogP contribution in [0.15, 0.2) is 0 Å². The first kappa shape index (κ1) is 8.88. The summed E-state index contributed by atoms with van der Waals surface area (Å²) in [5, 5.41) is 4.10. The lowest BCUT2D eigenvalue weighted by molar-refractivity contribution is -0.0553. The minimum absolute atomic E-state index is 0.657. The summed E-state index contributed by atoms with van der Waals surface area (Å²) in [6.07, 6.45) is 0. The average molecular weight is 132 g/mol. The Balaban J connectivity index is 3.32. The van der Waals surface area contributed by atoms with Gasteiger partial charge in [-0.3, -0.25) is 0 Å². The predicted octanol–water partition coefficient (Wildman–Crippen LogP) is 0.389. The van der Waals surface area contributed by atoms with Gasteiger partial charge in [-0.15, -0.1) is 0 Å². The average Bonchev–Trinajstić information content (AvgIpc) is 1.87. The van der Waals surface area contributed by atoms with Crippen LogP contribution in [0.5, 0.6) is 0 Å². The maximum absolute atomic E-state index is 4.91. The lowest BCUT2D eigenvalue weighted by Gasteiger charge is -2.25. The Morgan fingerprint density at radius 2 is 1.78 bits per heavy atom. The molecule has 0 saturated carbocycles. The summed E-state index contributed by atoms with van der Waals surface area (Å²) in [6, 6.07) is 0. The first-order chi connectivity index (χ1) is 4.22. The van der Waals surface area contributed by atoms with Crippen LogP contribution in [0.25, 0.3) is 0 Å². The number of rotatable bonds is 4. The van der Waals surface area contributed by atoms with E-state index in [9.17, 15) is 0 Å². The van der Waals surface area contributed by atoms with Gasteiger partial charge < -0.3 is 4.74 Å². The van der Waals surface area contributed by atoms with Gasteiger partial charge in [-0.1, -0.05) is 6.92 Å². The topological polar surface area (TPSA) is 15.7 Å². The molecule has 0 rings (SSSR count). The zero-order valence-electron chi connectivity index (χ0n) is 6.72. The number of nitrogens with zero attached hydrogens (tertiary/aromatic N) is 2. The van der Waals surface area contributed by atoms with Gasteiger partial charge in [-0.2, -0.15) is 0 Å². The zero-order chi connectivity index (χ0) is 7.28. The van der Waals surface area contributed by atoms with Gasteiger partial charge in [-0.25, -0.2) is 10.0 Å². The van der Waals surface area contributed by atoms with E-state index in [1.54, 1.807) is 7.11 Å². The molecule has 0 spiro atoms. The van der Waals surface area contributed by atoms with Crippen LogP contribution in [0.1, 0.15) is 6.92 Å². The van der Waals surface area contributed by atoms with E-state index in [1.807, 2.05) is 19.1 Å². The van der Waals surface area contributed by atoms with Crippen molar-refractivity contribution in [3.05, 3.63) is 0 Å². The quantitative estimate of drug-likeness (QED) is 0.406. The fraction of sp³-hybridized carbons (Fsp3) is 1.00. The highest BCUT2D eigenvalue weighted by atomic mass is 16.5. The summed E-state index contributed by atoms with van der Waals surface area (Å²) in [6.45, 7) is 3.77. The Kier molecular flexibility index (Phi) is 4.67. The lowest BCUT2D eigenvalue weighted by atomic mass is 10.7. The molecule has 0 amide bonds. The van der Waals surface area contributed by atoms with E-state index in [0.29, 0.717) is 6.73 Å². The molecule has 0 heterocycles. The van der Waals surface area contributed by atoms with Crippen molar-refractivity contribution in [2.24, 2.45) is 0 Å². The fourth-order valence-electron chi connectivity index (χ4n) is 0.527. The van der Waals surface area contributed by atoms with Crippen molar-refractivity contribution in [1.29, 1.82) is 0 Å². The van der Waals surface area contributed by atoms with Crippen LogP contribution < -0.4 is 0 Å². The summed E-state index contributed by atoms with van der Waals surface area (Å²) in [4.78, 5) is 0. The first-order valence-electron chi connectivity index (χ1n) is 3.13. The highest BCUT2D eigenvalue weighted by molar-refractivity contribution is 4.36. The van der Waals surface area contributed by atoms with E-state index in [-0.39, 0.29) is 0 Å². The summed E-state index contributed by atoms with van der Waals surface area (Å²) in [5.74, 6) is 0. The minimum atomic E-state index is 0.657. The van der Waals surface area contributed by atoms with E-state index in [4.69, 9.17) is 4.74 Å². The molecule has 0 unspecified atom stereocenters. The highest BCUT2D eigenvalue weighted by Crippen LogP contribution is 1.87. The highest BCUT2D eigenvalue weighted by Gasteiger charge is 1.99. The molecular formula is C6H16N2O. The SMILES string of the molecule is CCN(C)N(C)COC. The molecule has 0 atom stereocenters. The van der Waals surface area contributed by atoms with E-state index in [2.05, 4.69) is 11.9 Å². The molecule has 0 N–H and O–H groups in total. The summed E-state index contributed by atoms with van der Waals surface area (Å²) in [7, 11) is 5.71. The van der Waals surface area contributed by atoms with Gasteiger partial charge >= 0.3 is 0 Å². The van der Waals surface area contributed by atoms with E-state index >= 15 is 0 Å². The molecule has 0 aromatic carbocycles. The molecular weight excluding hydrogens is 116 g/mol. The maximum atomic E-state index is 4.91. The smallest absolute Gasteiger partial charge is 0.111 e. The molecule has 9 heavy (non-hydrogen) atoms. The van der Waals surface area contributed by atoms with Crippen LogP contribution in [0, 0.1) is 0 Å². The Bertz CT molecular complexity index is 68.1. The molecule has 0 radical (unpaired) electrons. The van der Waals surface area contributed by atoms with E-state index in [0.717, 1.165) is 6.54 Å². The van der Waals surface area contributed by atoms with Crippen LogP contribution in [0.2, 0.25) is 0 Å². The van der Waals surface area contributed by atoms with E-state index < -0.39 is 0 Å². The largest absolute Gasteiger partial charge is 0.368 e. The van der Waals surface area contributed by atoms with Gasteiger partial charge in [-0.05, 0) is 0 Å². The molecule has 0 fully saturated rings. The number of hydrogen-bond donors (Lipinski definition) is 0. The molecule has 0 aromatic rings. The number of hydrazine groups is 1. The fourth-order valence-corrected chi connectivity index (χ4v) is 0.527. The molecule has 0 aliphatic heterocycles. The zero-order valence-corrected chi connectivity index (χ0v) is 6.72. The van der Waals surface area contributed by atoms with Crippen LogP contribution in [0.3, 0.4) is 0 Å². The van der Waals surface area contributed by atoms with Gasteiger partial charge in [0.1, 0.15) is 6.73 Å². The number of hydrogen-bond acceptors (Lipinski definition) is 3. The Morgan fingerprint density at radius 3 is 2.11 bits per heavy atom. The maximum Gasteiger partial charge on any atom is 0.111 e. The molecule has 3 nitrogen and oxygen atoms in total. The van der Waals surface area contributed by atoms with Crippen molar-refractivity contribution in [2.75, 3.05) is 34.5 Å². The summed E-state index contributed by atoms with van der Waals surface area (Å²) < 4.78 is 4.91. The Hall–Kier alpha value is -0.120. The third-order valence-corrected chi connectivity index (χ3v) is 1.36. The van der Waals surface area contributed by atoms with Crippen LogP contribution >= 0.6 is 0 Å². The van der Waals surface area contributed by atoms with Crippen LogP contribution in [-0.4, -0.2) is 44.5 Å².